The molecule has 5 aromatic carbocycles. The van der Waals surface area contributed by atoms with Crippen molar-refractivity contribution in [3.63, 3.8) is 0 Å². The van der Waals surface area contributed by atoms with E-state index >= 15 is 0 Å². The number of fused-ring (bicyclic) bond motifs is 1. The molecule has 40 heavy (non-hydrogen) atoms. The van der Waals surface area contributed by atoms with Crippen molar-refractivity contribution in [2.75, 3.05) is 4.90 Å². The van der Waals surface area contributed by atoms with Gasteiger partial charge in [-0.25, -0.2) is 4.79 Å². The first-order valence-electron chi connectivity index (χ1n) is 12.6. The van der Waals surface area contributed by atoms with Gasteiger partial charge in [-0.3, -0.25) is 4.79 Å². The van der Waals surface area contributed by atoms with Crippen molar-refractivity contribution in [3.05, 3.63) is 132 Å². The maximum Gasteiger partial charge on any atom is 0.335 e. The Hall–Kier alpha value is -5.63. The fourth-order valence-electron chi connectivity index (χ4n) is 4.74. The molecular weight excluding hydrogens is 502 g/mol. The van der Waals surface area contributed by atoms with Crippen LogP contribution in [0.4, 0.5) is 5.69 Å². The number of carboxylic acids is 1. The van der Waals surface area contributed by atoms with Crippen molar-refractivity contribution in [1.29, 1.82) is 0 Å². The van der Waals surface area contributed by atoms with Gasteiger partial charge in [0.15, 0.2) is 0 Å². The molecule has 1 heterocycles. The molecule has 6 aromatic rings. The number of aromatic amines is 1. The van der Waals surface area contributed by atoms with Gasteiger partial charge in [-0.05, 0) is 63.0 Å². The van der Waals surface area contributed by atoms with Crippen molar-refractivity contribution in [2.45, 2.75) is 6.54 Å². The van der Waals surface area contributed by atoms with Gasteiger partial charge < -0.3 is 10.0 Å². The molecule has 194 valence electrons. The molecule has 0 saturated carbocycles. The highest BCUT2D eigenvalue weighted by Crippen LogP contribution is 2.30. The number of nitrogens with one attached hydrogen (secondary N) is 1. The van der Waals surface area contributed by atoms with E-state index in [1.165, 1.54) is 12.1 Å². The SMILES string of the molecule is O=C(O)c1cccc(N(Cc2ccc(-c3ccccc3-c3nn[nH]n3)cc2)C(=O)c2ccc3ccccc3c2)c1. The van der Waals surface area contributed by atoms with Crippen LogP contribution in [-0.4, -0.2) is 37.6 Å². The summed E-state index contributed by atoms with van der Waals surface area (Å²) in [5.41, 5.74) is 4.79. The Bertz CT molecular complexity index is 1830. The normalized spacial score (nSPS) is 10.9. The van der Waals surface area contributed by atoms with Gasteiger partial charge in [0.1, 0.15) is 0 Å². The van der Waals surface area contributed by atoms with E-state index in [-0.39, 0.29) is 18.0 Å². The van der Waals surface area contributed by atoms with Gasteiger partial charge in [-0.1, -0.05) is 84.9 Å². The van der Waals surface area contributed by atoms with E-state index in [9.17, 15) is 14.7 Å². The molecule has 1 amide bonds. The van der Waals surface area contributed by atoms with E-state index in [0.717, 1.165) is 33.0 Å². The number of hydrogen-bond acceptors (Lipinski definition) is 5. The van der Waals surface area contributed by atoms with Gasteiger partial charge in [-0.15, -0.1) is 10.2 Å². The summed E-state index contributed by atoms with van der Waals surface area (Å²) < 4.78 is 0. The predicted octanol–water partition coefficient (Wildman–Crippen LogP) is 6.23. The Labute approximate surface area is 229 Å². The minimum absolute atomic E-state index is 0.113. The molecule has 0 saturated heterocycles. The number of rotatable bonds is 7. The lowest BCUT2D eigenvalue weighted by Gasteiger charge is -2.24. The van der Waals surface area contributed by atoms with E-state index in [0.29, 0.717) is 17.1 Å². The monoisotopic (exact) mass is 525 g/mol. The second kappa shape index (κ2) is 10.6. The smallest absolute Gasteiger partial charge is 0.335 e. The zero-order chi connectivity index (χ0) is 27.5. The number of anilines is 1. The second-order valence-corrected chi connectivity index (χ2v) is 9.29. The van der Waals surface area contributed by atoms with Crippen LogP contribution < -0.4 is 4.90 Å². The van der Waals surface area contributed by atoms with Gasteiger partial charge in [0.05, 0.1) is 12.1 Å². The molecule has 0 aliphatic heterocycles. The lowest BCUT2D eigenvalue weighted by molar-refractivity contribution is 0.0696. The van der Waals surface area contributed by atoms with Crippen LogP contribution in [0.1, 0.15) is 26.3 Å². The Morgan fingerprint density at radius 1 is 0.725 bits per heavy atom. The van der Waals surface area contributed by atoms with Crippen LogP contribution >= 0.6 is 0 Å². The van der Waals surface area contributed by atoms with Crippen LogP contribution in [-0.2, 0) is 6.54 Å². The summed E-state index contributed by atoms with van der Waals surface area (Å²) in [4.78, 5) is 27.2. The summed E-state index contributed by atoms with van der Waals surface area (Å²) in [6.45, 7) is 0.251. The number of nitrogens with zero attached hydrogens (tertiary/aromatic N) is 4. The number of benzene rings is 5. The van der Waals surface area contributed by atoms with Crippen LogP contribution in [0, 0.1) is 0 Å². The molecule has 0 radical (unpaired) electrons. The standard InChI is InChI=1S/C32H23N5O3/c38-31(25-17-16-22-6-1-2-7-24(22)18-25)37(27-9-5-8-26(19-27)32(39)40)20-21-12-14-23(15-13-21)28-10-3-4-11-29(28)30-33-35-36-34-30/h1-19H,20H2,(H,39,40)(H,33,34,35,36). The summed E-state index contributed by atoms with van der Waals surface area (Å²) in [5.74, 6) is -0.769. The third kappa shape index (κ3) is 4.93. The van der Waals surface area contributed by atoms with E-state index in [1.54, 1.807) is 23.1 Å². The quantitative estimate of drug-likeness (QED) is 0.255. The van der Waals surface area contributed by atoms with Crippen molar-refractivity contribution in [3.8, 4) is 22.5 Å². The number of carboxylic acid groups (broad SMARTS) is 1. The van der Waals surface area contributed by atoms with E-state index < -0.39 is 5.97 Å². The van der Waals surface area contributed by atoms with Gasteiger partial charge in [-0.2, -0.15) is 5.21 Å². The number of tetrazole rings is 1. The number of carbonyl (C=O) groups is 2. The summed E-state index contributed by atoms with van der Waals surface area (Å²) >= 11 is 0. The Kier molecular flexibility index (Phi) is 6.56. The van der Waals surface area contributed by atoms with Crippen LogP contribution in [0.2, 0.25) is 0 Å². The zero-order valence-corrected chi connectivity index (χ0v) is 21.2. The number of aromatic nitrogens is 4. The Balaban J connectivity index is 1.35. The maximum absolute atomic E-state index is 13.9. The number of hydrogen-bond donors (Lipinski definition) is 2. The minimum Gasteiger partial charge on any atom is -0.478 e. The first-order valence-corrected chi connectivity index (χ1v) is 12.6. The fraction of sp³-hybridized carbons (Fsp3) is 0.0312. The highest BCUT2D eigenvalue weighted by molar-refractivity contribution is 6.08. The fourth-order valence-corrected chi connectivity index (χ4v) is 4.74. The first kappa shape index (κ1) is 24.7. The lowest BCUT2D eigenvalue weighted by Crippen LogP contribution is -2.30. The highest BCUT2D eigenvalue weighted by atomic mass is 16.4. The zero-order valence-electron chi connectivity index (χ0n) is 21.2. The molecule has 0 atom stereocenters. The Morgan fingerprint density at radius 3 is 2.23 bits per heavy atom. The van der Waals surface area contributed by atoms with Crippen LogP contribution in [0.15, 0.2) is 115 Å². The molecule has 0 spiro atoms. The molecule has 0 fully saturated rings. The molecule has 8 heteroatoms. The topological polar surface area (TPSA) is 112 Å². The van der Waals surface area contributed by atoms with Crippen molar-refractivity contribution >= 4 is 28.3 Å². The summed E-state index contributed by atoms with van der Waals surface area (Å²) in [7, 11) is 0. The van der Waals surface area contributed by atoms with Gasteiger partial charge in [0.25, 0.3) is 5.91 Å². The third-order valence-electron chi connectivity index (χ3n) is 6.77. The minimum atomic E-state index is -1.05. The first-order chi connectivity index (χ1) is 19.6. The molecule has 1 aromatic heterocycles. The molecule has 2 N–H and O–H groups in total. The molecule has 6 rings (SSSR count). The third-order valence-corrected chi connectivity index (χ3v) is 6.77. The number of H-pyrrole nitrogens is 1. The highest BCUT2D eigenvalue weighted by Gasteiger charge is 2.20. The Morgan fingerprint density at radius 2 is 1.48 bits per heavy atom. The predicted molar refractivity (Wildman–Crippen MR) is 153 cm³/mol. The number of carbonyl (C=O) groups excluding carboxylic acids is 1. The molecule has 0 aliphatic carbocycles. The van der Waals surface area contributed by atoms with Crippen LogP contribution in [0.3, 0.4) is 0 Å². The van der Waals surface area contributed by atoms with E-state index in [2.05, 4.69) is 20.6 Å². The molecule has 8 nitrogen and oxygen atoms in total. The van der Waals surface area contributed by atoms with Gasteiger partial charge in [0.2, 0.25) is 5.82 Å². The number of aromatic carboxylic acids is 1. The van der Waals surface area contributed by atoms with Crippen molar-refractivity contribution < 1.29 is 14.7 Å². The van der Waals surface area contributed by atoms with E-state index in [4.69, 9.17) is 0 Å². The average molecular weight is 526 g/mol. The molecule has 0 bridgehead atoms. The molecule has 0 unspecified atom stereocenters. The maximum atomic E-state index is 13.9. The summed E-state index contributed by atoms with van der Waals surface area (Å²) in [5, 5.41) is 26.0. The van der Waals surface area contributed by atoms with E-state index in [1.807, 2.05) is 84.9 Å². The average Bonchev–Trinajstić information content (AvgIpc) is 3.55. The van der Waals surface area contributed by atoms with Crippen molar-refractivity contribution in [1.82, 2.24) is 20.6 Å². The molecule has 0 aliphatic rings. The van der Waals surface area contributed by atoms with Gasteiger partial charge in [0, 0.05) is 16.8 Å². The summed E-state index contributed by atoms with van der Waals surface area (Å²) in [6, 6.07) is 35.6. The second-order valence-electron chi connectivity index (χ2n) is 9.29. The van der Waals surface area contributed by atoms with Crippen molar-refractivity contribution in [2.24, 2.45) is 0 Å². The molecular formula is C32H23N5O3. The largest absolute Gasteiger partial charge is 0.478 e. The van der Waals surface area contributed by atoms with Crippen LogP contribution in [0.5, 0.6) is 0 Å². The summed E-state index contributed by atoms with van der Waals surface area (Å²) in [6.07, 6.45) is 0. The van der Waals surface area contributed by atoms with Crippen LogP contribution in [0.25, 0.3) is 33.3 Å². The van der Waals surface area contributed by atoms with Gasteiger partial charge >= 0.3 is 5.97 Å². The number of amides is 1. The lowest BCUT2D eigenvalue weighted by atomic mass is 9.98.